The van der Waals surface area contributed by atoms with Crippen molar-refractivity contribution < 1.29 is 52.8 Å². The highest BCUT2D eigenvalue weighted by atomic mass is 16.6. The number of rotatable bonds is 13. The number of fused-ring (bicyclic) bond motifs is 4. The second-order valence-corrected chi connectivity index (χ2v) is 17.1. The number of nitrogens with one attached hydrogen (secondary N) is 4. The standard InChI is InChI=1S/C45H63N5O11/c1-6-14-34(40(53)42(55)46-26-37(52)49-39(30-17-11-8-12-18-30)44(57)61-45(2,3)4)47-41(54)35-25-33-27-50(35)43(56)38(29-15-9-7-10-16-29)48-36(51)23-28-21-31(58-5)24-32(22-28)59-19-13-20-60-33/h8,11-12,17-18,21-22,24,29,33-35,38-40,53H,6-7,9-10,13-16,19-20,23,25-27H2,1-5H3,(H,46,55)(H,47,54)(H,48,51)(H,49,52)/t33-,34?,35+,38+,39+,40?/m1/s1. The Labute approximate surface area is 358 Å². The summed E-state index contributed by atoms with van der Waals surface area (Å²) in [5.41, 5.74) is 0.321. The van der Waals surface area contributed by atoms with Crippen molar-refractivity contribution in [2.75, 3.05) is 33.4 Å². The van der Waals surface area contributed by atoms with Gasteiger partial charge in [0, 0.05) is 25.5 Å². The van der Waals surface area contributed by atoms with E-state index in [0.29, 0.717) is 48.7 Å². The monoisotopic (exact) mass is 849 g/mol. The maximum absolute atomic E-state index is 14.7. The van der Waals surface area contributed by atoms with E-state index in [1.54, 1.807) is 69.3 Å². The van der Waals surface area contributed by atoms with Gasteiger partial charge in [-0.15, -0.1) is 0 Å². The Morgan fingerprint density at radius 3 is 2.41 bits per heavy atom. The summed E-state index contributed by atoms with van der Waals surface area (Å²) in [5, 5.41) is 22.2. The van der Waals surface area contributed by atoms with Crippen LogP contribution < -0.4 is 30.7 Å². The molecule has 16 heteroatoms. The first-order chi connectivity index (χ1) is 29.1. The molecule has 0 aromatic heterocycles. The molecule has 2 unspecified atom stereocenters. The van der Waals surface area contributed by atoms with Crippen LogP contribution in [0.2, 0.25) is 0 Å². The number of nitrogens with zero attached hydrogens (tertiary/aromatic N) is 1. The topological polar surface area (TPSA) is 211 Å². The maximum Gasteiger partial charge on any atom is 0.333 e. The summed E-state index contributed by atoms with van der Waals surface area (Å²) in [6, 6.07) is 9.69. The quantitative estimate of drug-likeness (QED) is 0.185. The molecule has 0 spiro atoms. The first kappa shape index (κ1) is 46.8. The second-order valence-electron chi connectivity index (χ2n) is 17.1. The summed E-state index contributed by atoms with van der Waals surface area (Å²) >= 11 is 0. The lowest BCUT2D eigenvalue weighted by Crippen LogP contribution is -2.58. The summed E-state index contributed by atoms with van der Waals surface area (Å²) in [5.74, 6) is -2.67. The van der Waals surface area contributed by atoms with E-state index in [1.165, 1.54) is 12.0 Å². The van der Waals surface area contributed by atoms with Gasteiger partial charge < -0.3 is 50.2 Å². The molecule has 2 aromatic rings. The van der Waals surface area contributed by atoms with E-state index >= 15 is 0 Å². The van der Waals surface area contributed by atoms with Gasteiger partial charge in [-0.3, -0.25) is 24.0 Å². The van der Waals surface area contributed by atoms with Crippen LogP contribution in [0.4, 0.5) is 0 Å². The molecule has 1 aliphatic carbocycles. The van der Waals surface area contributed by atoms with Gasteiger partial charge in [-0.05, 0) is 69.2 Å². The van der Waals surface area contributed by atoms with Gasteiger partial charge in [0.2, 0.25) is 23.6 Å². The molecule has 5 N–H and O–H groups in total. The molecule has 3 aliphatic rings. The number of esters is 1. The Kier molecular flexibility index (Phi) is 16.9. The Balaban J connectivity index is 1.29. The van der Waals surface area contributed by atoms with Crippen molar-refractivity contribution in [2.45, 2.75) is 134 Å². The molecule has 4 bridgehead atoms. The van der Waals surface area contributed by atoms with Crippen LogP contribution in [0.5, 0.6) is 11.5 Å². The molecule has 1 saturated carbocycles. The number of carbonyl (C=O) groups excluding carboxylic acids is 6. The number of benzene rings is 2. The smallest absolute Gasteiger partial charge is 0.333 e. The fourth-order valence-corrected chi connectivity index (χ4v) is 8.13. The number of ether oxygens (including phenoxy) is 4. The normalized spacial score (nSPS) is 21.8. The molecular weight excluding hydrogens is 787 g/mol. The average molecular weight is 850 g/mol. The van der Waals surface area contributed by atoms with Crippen molar-refractivity contribution in [3.63, 3.8) is 0 Å². The molecular formula is C45H63N5O11. The Hall–Kier alpha value is -5.22. The Morgan fingerprint density at radius 1 is 0.984 bits per heavy atom. The van der Waals surface area contributed by atoms with E-state index in [4.69, 9.17) is 18.9 Å². The van der Waals surface area contributed by atoms with Crippen molar-refractivity contribution in [2.24, 2.45) is 5.92 Å². The van der Waals surface area contributed by atoms with Crippen LogP contribution in [0.1, 0.15) is 103 Å². The minimum Gasteiger partial charge on any atom is -0.497 e. The van der Waals surface area contributed by atoms with E-state index in [2.05, 4.69) is 21.3 Å². The number of hydrogen-bond donors (Lipinski definition) is 5. The zero-order valence-electron chi connectivity index (χ0n) is 36.0. The molecule has 5 rings (SSSR count). The first-order valence-corrected chi connectivity index (χ1v) is 21.5. The van der Waals surface area contributed by atoms with Crippen molar-refractivity contribution in [3.05, 3.63) is 59.7 Å². The zero-order valence-corrected chi connectivity index (χ0v) is 36.0. The van der Waals surface area contributed by atoms with E-state index in [-0.39, 0.29) is 43.5 Å². The predicted molar refractivity (Wildman–Crippen MR) is 224 cm³/mol. The molecule has 1 saturated heterocycles. The minimum atomic E-state index is -1.76. The highest BCUT2D eigenvalue weighted by molar-refractivity contribution is 5.94. The van der Waals surface area contributed by atoms with Crippen molar-refractivity contribution in [1.82, 2.24) is 26.2 Å². The molecule has 16 nitrogen and oxygen atoms in total. The van der Waals surface area contributed by atoms with Crippen LogP contribution in [-0.4, -0.2) is 115 Å². The Morgan fingerprint density at radius 2 is 1.72 bits per heavy atom. The van der Waals surface area contributed by atoms with Crippen LogP contribution in [0.3, 0.4) is 0 Å². The molecule has 6 atom stereocenters. The number of aliphatic hydroxyl groups excluding tert-OH is 1. The fourth-order valence-electron chi connectivity index (χ4n) is 8.13. The van der Waals surface area contributed by atoms with Gasteiger partial charge >= 0.3 is 5.97 Å². The van der Waals surface area contributed by atoms with Crippen molar-refractivity contribution in [3.8, 4) is 11.5 Å². The molecule has 61 heavy (non-hydrogen) atoms. The fraction of sp³-hybridized carbons (Fsp3) is 0.600. The highest BCUT2D eigenvalue weighted by Crippen LogP contribution is 2.31. The highest BCUT2D eigenvalue weighted by Gasteiger charge is 2.45. The molecule has 2 aliphatic heterocycles. The van der Waals surface area contributed by atoms with Crippen LogP contribution in [0.25, 0.3) is 0 Å². The third-order valence-corrected chi connectivity index (χ3v) is 11.1. The summed E-state index contributed by atoms with van der Waals surface area (Å²) in [4.78, 5) is 83.5. The average Bonchev–Trinajstić information content (AvgIpc) is 3.67. The van der Waals surface area contributed by atoms with E-state index in [0.717, 1.165) is 32.1 Å². The Bertz CT molecular complexity index is 1830. The number of carbonyl (C=O) groups is 6. The first-order valence-electron chi connectivity index (χ1n) is 21.5. The van der Waals surface area contributed by atoms with E-state index < -0.39 is 72.2 Å². The van der Waals surface area contributed by atoms with Crippen LogP contribution in [0.15, 0.2) is 48.5 Å². The lowest BCUT2D eigenvalue weighted by Gasteiger charge is -2.35. The lowest BCUT2D eigenvalue weighted by molar-refractivity contribution is -0.158. The maximum atomic E-state index is 14.7. The summed E-state index contributed by atoms with van der Waals surface area (Å²) in [6.45, 7) is 7.11. The molecule has 334 valence electrons. The van der Waals surface area contributed by atoms with Gasteiger partial charge in [0.1, 0.15) is 29.2 Å². The van der Waals surface area contributed by atoms with Gasteiger partial charge in [0.05, 0.1) is 45.4 Å². The third-order valence-electron chi connectivity index (χ3n) is 11.1. The van der Waals surface area contributed by atoms with Crippen molar-refractivity contribution in [1.29, 1.82) is 0 Å². The van der Waals surface area contributed by atoms with Crippen molar-refractivity contribution >= 4 is 35.5 Å². The number of aliphatic hydroxyl groups is 1. The van der Waals surface area contributed by atoms with Gasteiger partial charge in [0.15, 0.2) is 12.1 Å². The third kappa shape index (κ3) is 13.6. The summed E-state index contributed by atoms with van der Waals surface area (Å²) in [6.07, 6.45) is 3.41. The largest absolute Gasteiger partial charge is 0.497 e. The minimum absolute atomic E-state index is 0.0165. The SMILES string of the molecule is CCCC(NC(=O)[C@@H]1C[C@@H]2CN1C(=O)[C@H](C1CCCCC1)NC(=O)Cc1cc(OC)cc(c1)OCCCO2)C(O)C(=O)NCC(=O)N[C@H](C(=O)OC(C)(C)C)c1ccccc1. The number of amides is 5. The number of hydrogen-bond acceptors (Lipinski definition) is 11. The molecule has 2 heterocycles. The van der Waals surface area contributed by atoms with Crippen LogP contribution >= 0.6 is 0 Å². The number of methoxy groups -OCH3 is 1. The molecule has 2 aromatic carbocycles. The summed E-state index contributed by atoms with van der Waals surface area (Å²) in [7, 11) is 1.54. The molecule has 0 radical (unpaired) electrons. The van der Waals surface area contributed by atoms with Gasteiger partial charge in [-0.1, -0.05) is 62.9 Å². The lowest BCUT2D eigenvalue weighted by atomic mass is 9.83. The van der Waals surface area contributed by atoms with Gasteiger partial charge in [0.25, 0.3) is 5.91 Å². The van der Waals surface area contributed by atoms with Crippen LogP contribution in [-0.2, 0) is 44.7 Å². The van der Waals surface area contributed by atoms with Gasteiger partial charge in [-0.2, -0.15) is 0 Å². The molecule has 2 fully saturated rings. The van der Waals surface area contributed by atoms with Gasteiger partial charge in [-0.25, -0.2) is 4.79 Å². The van der Waals surface area contributed by atoms with E-state index in [9.17, 15) is 33.9 Å². The zero-order chi connectivity index (χ0) is 44.1. The second kappa shape index (κ2) is 22.0. The predicted octanol–water partition coefficient (Wildman–Crippen LogP) is 3.03. The van der Waals surface area contributed by atoms with E-state index in [1.807, 2.05) is 6.92 Å². The van der Waals surface area contributed by atoms with Crippen LogP contribution in [0, 0.1) is 5.92 Å². The summed E-state index contributed by atoms with van der Waals surface area (Å²) < 4.78 is 23.2. The molecule has 5 amide bonds.